The average Bonchev–Trinajstić information content (AvgIpc) is 3.05. The summed E-state index contributed by atoms with van der Waals surface area (Å²) >= 11 is 7.75. The SMILES string of the molecule is CC1=CC(C(=O)Nc2cccc(NC(=O)c3sc4ccccc4c3Cl)c2)=CCC1. The quantitative estimate of drug-likeness (QED) is 0.510. The number of benzene rings is 2. The lowest BCUT2D eigenvalue weighted by Gasteiger charge is -2.12. The third-order valence-electron chi connectivity index (χ3n) is 4.69. The third-order valence-corrected chi connectivity index (χ3v) is 6.36. The van der Waals surface area contributed by atoms with Crippen LogP contribution in [0.5, 0.6) is 0 Å². The highest BCUT2D eigenvalue weighted by Gasteiger charge is 2.17. The largest absolute Gasteiger partial charge is 0.322 e. The lowest BCUT2D eigenvalue weighted by atomic mass is 10.0. The molecular formula is C23H19ClN2O2S. The van der Waals surface area contributed by atoms with E-state index in [1.807, 2.05) is 43.3 Å². The first-order chi connectivity index (χ1) is 14.0. The highest BCUT2D eigenvalue weighted by atomic mass is 35.5. The van der Waals surface area contributed by atoms with Crippen LogP contribution in [0.1, 0.15) is 29.4 Å². The van der Waals surface area contributed by atoms with Crippen LogP contribution < -0.4 is 10.6 Å². The molecule has 29 heavy (non-hydrogen) atoms. The molecule has 1 aliphatic rings. The minimum atomic E-state index is -0.270. The molecule has 4 rings (SSSR count). The van der Waals surface area contributed by atoms with E-state index in [9.17, 15) is 9.59 Å². The third kappa shape index (κ3) is 4.26. The molecule has 0 bridgehead atoms. The maximum atomic E-state index is 12.7. The predicted octanol–water partition coefficient (Wildman–Crippen LogP) is 6.41. The lowest BCUT2D eigenvalue weighted by Crippen LogP contribution is -2.15. The number of hydrogen-bond acceptors (Lipinski definition) is 3. The van der Waals surface area contributed by atoms with Gasteiger partial charge < -0.3 is 10.6 Å². The summed E-state index contributed by atoms with van der Waals surface area (Å²) < 4.78 is 0.966. The van der Waals surface area contributed by atoms with Crippen molar-refractivity contribution in [3.63, 3.8) is 0 Å². The van der Waals surface area contributed by atoms with Crippen LogP contribution in [-0.2, 0) is 4.79 Å². The molecule has 2 N–H and O–H groups in total. The van der Waals surface area contributed by atoms with Gasteiger partial charge in [0.2, 0.25) is 0 Å². The van der Waals surface area contributed by atoms with Gasteiger partial charge in [0.05, 0.1) is 5.02 Å². The van der Waals surface area contributed by atoms with Gasteiger partial charge in [-0.25, -0.2) is 0 Å². The normalized spacial score (nSPS) is 13.6. The van der Waals surface area contributed by atoms with Gasteiger partial charge >= 0.3 is 0 Å². The van der Waals surface area contributed by atoms with Gasteiger partial charge in [0.25, 0.3) is 11.8 Å². The van der Waals surface area contributed by atoms with Crippen molar-refractivity contribution in [3.05, 3.63) is 81.7 Å². The zero-order valence-electron chi connectivity index (χ0n) is 15.8. The fourth-order valence-electron chi connectivity index (χ4n) is 3.24. The second-order valence-electron chi connectivity index (χ2n) is 6.92. The molecule has 0 atom stereocenters. The Morgan fingerprint density at radius 3 is 2.45 bits per heavy atom. The van der Waals surface area contributed by atoms with E-state index >= 15 is 0 Å². The van der Waals surface area contributed by atoms with E-state index < -0.39 is 0 Å². The van der Waals surface area contributed by atoms with Crippen LogP contribution in [0, 0.1) is 0 Å². The molecule has 0 radical (unpaired) electrons. The van der Waals surface area contributed by atoms with Gasteiger partial charge in [-0.05, 0) is 44.0 Å². The van der Waals surface area contributed by atoms with E-state index in [2.05, 4.69) is 10.6 Å². The number of fused-ring (bicyclic) bond motifs is 1. The highest BCUT2D eigenvalue weighted by molar-refractivity contribution is 7.21. The Kier molecular flexibility index (Phi) is 5.51. The van der Waals surface area contributed by atoms with E-state index in [4.69, 9.17) is 11.6 Å². The topological polar surface area (TPSA) is 58.2 Å². The molecule has 0 saturated heterocycles. The van der Waals surface area contributed by atoms with Crippen LogP contribution >= 0.6 is 22.9 Å². The molecule has 0 unspecified atom stereocenters. The van der Waals surface area contributed by atoms with Crippen molar-refractivity contribution in [2.24, 2.45) is 0 Å². The van der Waals surface area contributed by atoms with Crippen LogP contribution in [0.15, 0.2) is 71.8 Å². The van der Waals surface area contributed by atoms with Crippen molar-refractivity contribution < 1.29 is 9.59 Å². The fraction of sp³-hybridized carbons (Fsp3) is 0.130. The zero-order chi connectivity index (χ0) is 20.4. The van der Waals surface area contributed by atoms with Gasteiger partial charge in [-0.3, -0.25) is 9.59 Å². The maximum Gasteiger partial charge on any atom is 0.267 e. The van der Waals surface area contributed by atoms with Gasteiger partial charge in [0.15, 0.2) is 0 Å². The van der Waals surface area contributed by atoms with Gasteiger partial charge in [0, 0.05) is 27.0 Å². The molecule has 0 fully saturated rings. The van der Waals surface area contributed by atoms with Crippen molar-refractivity contribution in [1.82, 2.24) is 0 Å². The standard InChI is InChI=1S/C23H19ClN2O2S/c1-14-6-4-7-15(12-14)22(27)25-16-8-5-9-17(13-16)26-23(28)21-20(24)18-10-2-3-11-19(18)29-21/h2-3,5,7-13H,4,6H2,1H3,(H,25,27)(H,26,28). The molecule has 0 saturated carbocycles. The van der Waals surface area contributed by atoms with Crippen molar-refractivity contribution in [3.8, 4) is 0 Å². The number of amides is 2. The number of hydrogen-bond donors (Lipinski definition) is 2. The van der Waals surface area contributed by atoms with Gasteiger partial charge in [-0.2, -0.15) is 0 Å². The molecule has 3 aromatic rings. The Morgan fingerprint density at radius 1 is 1.00 bits per heavy atom. The number of carbonyl (C=O) groups is 2. The minimum absolute atomic E-state index is 0.153. The predicted molar refractivity (Wildman–Crippen MR) is 121 cm³/mol. The van der Waals surface area contributed by atoms with Crippen LogP contribution in [0.3, 0.4) is 0 Å². The molecule has 4 nitrogen and oxygen atoms in total. The summed E-state index contributed by atoms with van der Waals surface area (Å²) in [5, 5.41) is 7.09. The number of rotatable bonds is 4. The maximum absolute atomic E-state index is 12.7. The van der Waals surface area contributed by atoms with Gasteiger partial charge in [-0.15, -0.1) is 11.3 Å². The Morgan fingerprint density at radius 2 is 1.72 bits per heavy atom. The molecule has 1 heterocycles. The first kappa shape index (κ1) is 19.4. The average molecular weight is 423 g/mol. The summed E-state index contributed by atoms with van der Waals surface area (Å²) in [6.45, 7) is 2.02. The fourth-order valence-corrected chi connectivity index (χ4v) is 4.65. The Bertz CT molecular complexity index is 1180. The molecule has 0 spiro atoms. The van der Waals surface area contributed by atoms with E-state index in [1.54, 1.807) is 24.3 Å². The lowest BCUT2D eigenvalue weighted by molar-refractivity contribution is -0.112. The Labute approximate surface area is 177 Å². The number of halogens is 1. The second kappa shape index (κ2) is 8.23. The zero-order valence-corrected chi connectivity index (χ0v) is 17.4. The summed E-state index contributed by atoms with van der Waals surface area (Å²) in [7, 11) is 0. The molecule has 6 heteroatoms. The first-order valence-corrected chi connectivity index (χ1v) is 10.5. The summed E-state index contributed by atoms with van der Waals surface area (Å²) in [4.78, 5) is 25.7. The monoisotopic (exact) mass is 422 g/mol. The van der Waals surface area contributed by atoms with Gasteiger partial charge in [0.1, 0.15) is 4.88 Å². The number of carbonyl (C=O) groups excluding carboxylic acids is 2. The Hall–Kier alpha value is -2.89. The van der Waals surface area contributed by atoms with E-state index in [0.29, 0.717) is 26.8 Å². The summed E-state index contributed by atoms with van der Waals surface area (Å²) in [6.07, 6.45) is 5.71. The van der Waals surface area contributed by atoms with Crippen LogP contribution in [0.2, 0.25) is 5.02 Å². The van der Waals surface area contributed by atoms with E-state index in [-0.39, 0.29) is 11.8 Å². The number of nitrogens with one attached hydrogen (secondary N) is 2. The molecule has 1 aromatic heterocycles. The highest BCUT2D eigenvalue weighted by Crippen LogP contribution is 2.35. The summed E-state index contributed by atoms with van der Waals surface area (Å²) in [5.41, 5.74) is 3.07. The number of anilines is 2. The van der Waals surface area contributed by atoms with E-state index in [0.717, 1.165) is 22.9 Å². The Balaban J connectivity index is 1.50. The van der Waals surface area contributed by atoms with Gasteiger partial charge in [-0.1, -0.05) is 53.6 Å². The van der Waals surface area contributed by atoms with E-state index in [1.165, 1.54) is 16.9 Å². The number of allylic oxidation sites excluding steroid dienone is 2. The summed E-state index contributed by atoms with van der Waals surface area (Å²) in [5.74, 6) is -0.423. The second-order valence-corrected chi connectivity index (χ2v) is 8.35. The smallest absolute Gasteiger partial charge is 0.267 e. The van der Waals surface area contributed by atoms with Crippen LogP contribution in [-0.4, -0.2) is 11.8 Å². The molecule has 2 aromatic carbocycles. The minimum Gasteiger partial charge on any atom is -0.322 e. The molecule has 1 aliphatic carbocycles. The van der Waals surface area contributed by atoms with Crippen molar-refractivity contribution in [1.29, 1.82) is 0 Å². The van der Waals surface area contributed by atoms with Crippen molar-refractivity contribution in [2.75, 3.05) is 10.6 Å². The number of thiophene rings is 1. The molecule has 0 aliphatic heterocycles. The molecule has 146 valence electrons. The molecular weight excluding hydrogens is 404 g/mol. The first-order valence-electron chi connectivity index (χ1n) is 9.28. The molecule has 2 amide bonds. The van der Waals surface area contributed by atoms with Crippen LogP contribution in [0.25, 0.3) is 10.1 Å². The van der Waals surface area contributed by atoms with Crippen LogP contribution in [0.4, 0.5) is 11.4 Å². The van der Waals surface area contributed by atoms with Crippen molar-refractivity contribution >= 4 is 56.2 Å². The summed E-state index contributed by atoms with van der Waals surface area (Å²) in [6, 6.07) is 14.7. The van der Waals surface area contributed by atoms with Crippen molar-refractivity contribution in [2.45, 2.75) is 19.8 Å².